The molecule has 0 aliphatic carbocycles. The third-order valence-electron chi connectivity index (χ3n) is 2.18. The molecule has 2 rings (SSSR count). The molecule has 0 aliphatic rings. The van der Waals surface area contributed by atoms with E-state index in [-0.39, 0.29) is 16.3 Å². The van der Waals surface area contributed by atoms with E-state index in [9.17, 15) is 8.78 Å². The second-order valence-electron chi connectivity index (χ2n) is 3.57. The van der Waals surface area contributed by atoms with Gasteiger partial charge in [0.25, 0.3) is 0 Å². The van der Waals surface area contributed by atoms with Crippen molar-refractivity contribution in [2.45, 2.75) is 0 Å². The van der Waals surface area contributed by atoms with E-state index < -0.39 is 17.4 Å². The number of ether oxygens (including phenoxy) is 1. The number of aromatic nitrogens is 1. The van der Waals surface area contributed by atoms with Gasteiger partial charge in [0.2, 0.25) is 0 Å². The number of benzene rings is 1. The Bertz CT molecular complexity index is 628. The second kappa shape index (κ2) is 5.58. The minimum Gasteiger partial charge on any atom is -0.450 e. The van der Waals surface area contributed by atoms with Gasteiger partial charge in [-0.3, -0.25) is 4.98 Å². The summed E-state index contributed by atoms with van der Waals surface area (Å²) >= 11 is 7.84. The molecule has 0 atom stereocenters. The zero-order valence-electron chi connectivity index (χ0n) is 9.36. The van der Waals surface area contributed by atoms with E-state index in [0.717, 1.165) is 12.1 Å². The van der Waals surface area contributed by atoms with Crippen molar-refractivity contribution in [3.63, 3.8) is 0 Å². The van der Waals surface area contributed by atoms with E-state index in [4.69, 9.17) is 10.5 Å². The standard InChI is InChI=1S/C12H7BrF2N2OS/c13-7-3-8(5-17-4-7)18-11-9(14)1-6(12(16)19)2-10(11)15/h1-5H,(H2,16,19). The molecule has 1 aromatic carbocycles. The van der Waals surface area contributed by atoms with Crippen molar-refractivity contribution in [2.24, 2.45) is 5.73 Å². The van der Waals surface area contributed by atoms with Gasteiger partial charge in [0.1, 0.15) is 10.7 Å². The van der Waals surface area contributed by atoms with Crippen LogP contribution in [0.4, 0.5) is 8.78 Å². The molecule has 3 nitrogen and oxygen atoms in total. The van der Waals surface area contributed by atoms with Crippen LogP contribution in [0.3, 0.4) is 0 Å². The molecule has 2 aromatic rings. The summed E-state index contributed by atoms with van der Waals surface area (Å²) in [6.45, 7) is 0. The smallest absolute Gasteiger partial charge is 0.198 e. The van der Waals surface area contributed by atoms with Crippen LogP contribution in [0, 0.1) is 11.6 Å². The van der Waals surface area contributed by atoms with Gasteiger partial charge in [0, 0.05) is 16.2 Å². The molecule has 7 heteroatoms. The first kappa shape index (κ1) is 13.8. The molecule has 0 saturated carbocycles. The lowest BCUT2D eigenvalue weighted by Crippen LogP contribution is -2.10. The van der Waals surface area contributed by atoms with Crippen LogP contribution in [0.25, 0.3) is 0 Å². The average molecular weight is 345 g/mol. The van der Waals surface area contributed by atoms with Gasteiger partial charge >= 0.3 is 0 Å². The van der Waals surface area contributed by atoms with Gasteiger partial charge in [-0.2, -0.15) is 0 Å². The van der Waals surface area contributed by atoms with Crippen LogP contribution in [0.2, 0.25) is 0 Å². The first-order valence-electron chi connectivity index (χ1n) is 5.04. The van der Waals surface area contributed by atoms with Crippen molar-refractivity contribution in [3.05, 3.63) is 52.3 Å². The van der Waals surface area contributed by atoms with Crippen molar-refractivity contribution in [1.82, 2.24) is 4.98 Å². The Kier molecular flexibility index (Phi) is 4.06. The molecular formula is C12H7BrF2N2OS. The first-order chi connectivity index (χ1) is 8.97. The summed E-state index contributed by atoms with van der Waals surface area (Å²) < 4.78 is 33.2. The zero-order valence-corrected chi connectivity index (χ0v) is 11.8. The van der Waals surface area contributed by atoms with E-state index in [0.29, 0.717) is 4.47 Å². The Hall–Kier alpha value is -1.60. The van der Waals surface area contributed by atoms with Gasteiger partial charge < -0.3 is 10.5 Å². The Balaban J connectivity index is 2.38. The maximum atomic E-state index is 13.7. The molecule has 0 aliphatic heterocycles. The van der Waals surface area contributed by atoms with Crippen molar-refractivity contribution < 1.29 is 13.5 Å². The predicted octanol–water partition coefficient (Wildman–Crippen LogP) is 3.55. The summed E-state index contributed by atoms with van der Waals surface area (Å²) in [4.78, 5) is 3.74. The summed E-state index contributed by atoms with van der Waals surface area (Å²) in [6, 6.07) is 3.58. The number of hydrogen-bond acceptors (Lipinski definition) is 3. The fraction of sp³-hybridized carbons (Fsp3) is 0. The quantitative estimate of drug-likeness (QED) is 0.865. The van der Waals surface area contributed by atoms with Gasteiger partial charge in [-0.1, -0.05) is 12.2 Å². The van der Waals surface area contributed by atoms with Crippen LogP contribution in [0.5, 0.6) is 11.5 Å². The number of thiocarbonyl (C=S) groups is 1. The highest BCUT2D eigenvalue weighted by Gasteiger charge is 2.15. The molecule has 19 heavy (non-hydrogen) atoms. The summed E-state index contributed by atoms with van der Waals surface area (Å²) in [7, 11) is 0. The molecule has 0 saturated heterocycles. The van der Waals surface area contributed by atoms with Gasteiger partial charge in [-0.25, -0.2) is 8.78 Å². The first-order valence-corrected chi connectivity index (χ1v) is 6.25. The minimum atomic E-state index is -0.886. The average Bonchev–Trinajstić information content (AvgIpc) is 2.33. The molecule has 0 unspecified atom stereocenters. The maximum absolute atomic E-state index is 13.7. The van der Waals surface area contributed by atoms with Crippen LogP contribution < -0.4 is 10.5 Å². The molecule has 0 amide bonds. The topological polar surface area (TPSA) is 48.1 Å². The Morgan fingerprint density at radius 2 is 1.84 bits per heavy atom. The van der Waals surface area contributed by atoms with Gasteiger partial charge in [0.05, 0.1) is 6.20 Å². The number of pyridine rings is 1. The van der Waals surface area contributed by atoms with Crippen molar-refractivity contribution in [3.8, 4) is 11.5 Å². The number of nitrogens with two attached hydrogens (primary N) is 1. The maximum Gasteiger partial charge on any atom is 0.198 e. The highest BCUT2D eigenvalue weighted by molar-refractivity contribution is 9.10. The summed E-state index contributed by atoms with van der Waals surface area (Å²) in [5.41, 5.74) is 5.42. The number of rotatable bonds is 3. The third-order valence-corrected chi connectivity index (χ3v) is 2.85. The molecule has 1 heterocycles. The van der Waals surface area contributed by atoms with Crippen molar-refractivity contribution in [2.75, 3.05) is 0 Å². The van der Waals surface area contributed by atoms with Crippen LogP contribution in [-0.4, -0.2) is 9.97 Å². The van der Waals surface area contributed by atoms with E-state index >= 15 is 0 Å². The van der Waals surface area contributed by atoms with Gasteiger partial charge in [-0.15, -0.1) is 0 Å². The Morgan fingerprint density at radius 1 is 1.21 bits per heavy atom. The molecule has 0 bridgehead atoms. The summed E-state index contributed by atoms with van der Waals surface area (Å²) in [5.74, 6) is -2.10. The van der Waals surface area contributed by atoms with Crippen LogP contribution in [0.15, 0.2) is 35.1 Å². The Morgan fingerprint density at radius 3 is 2.37 bits per heavy atom. The normalized spacial score (nSPS) is 10.3. The second-order valence-corrected chi connectivity index (χ2v) is 4.93. The zero-order chi connectivity index (χ0) is 14.0. The highest BCUT2D eigenvalue weighted by atomic mass is 79.9. The Labute approximate surface area is 121 Å². The van der Waals surface area contributed by atoms with Gasteiger partial charge in [-0.05, 0) is 34.1 Å². The lowest BCUT2D eigenvalue weighted by molar-refractivity contribution is 0.406. The molecule has 0 radical (unpaired) electrons. The fourth-order valence-electron chi connectivity index (χ4n) is 1.37. The van der Waals surface area contributed by atoms with Crippen molar-refractivity contribution in [1.29, 1.82) is 0 Å². The highest BCUT2D eigenvalue weighted by Crippen LogP contribution is 2.29. The van der Waals surface area contributed by atoms with E-state index in [1.807, 2.05) is 0 Å². The van der Waals surface area contributed by atoms with Crippen LogP contribution >= 0.6 is 28.1 Å². The lowest BCUT2D eigenvalue weighted by Gasteiger charge is -2.09. The molecule has 0 spiro atoms. The molecular weight excluding hydrogens is 338 g/mol. The minimum absolute atomic E-state index is 0.0894. The number of nitrogens with zero attached hydrogens (tertiary/aromatic N) is 1. The van der Waals surface area contributed by atoms with E-state index in [1.165, 1.54) is 18.5 Å². The molecule has 0 fully saturated rings. The van der Waals surface area contributed by atoms with Gasteiger partial charge in [0.15, 0.2) is 17.4 Å². The van der Waals surface area contributed by atoms with Crippen LogP contribution in [-0.2, 0) is 0 Å². The number of halogens is 3. The summed E-state index contributed by atoms with van der Waals surface area (Å²) in [5, 5.41) is 0. The largest absolute Gasteiger partial charge is 0.450 e. The third kappa shape index (κ3) is 3.24. The molecule has 1 aromatic heterocycles. The van der Waals surface area contributed by atoms with E-state index in [1.54, 1.807) is 0 Å². The fourth-order valence-corrected chi connectivity index (χ4v) is 1.83. The molecule has 2 N–H and O–H groups in total. The molecule has 98 valence electrons. The SMILES string of the molecule is NC(=S)c1cc(F)c(Oc2cncc(Br)c2)c(F)c1. The number of hydrogen-bond donors (Lipinski definition) is 1. The lowest BCUT2D eigenvalue weighted by atomic mass is 10.2. The van der Waals surface area contributed by atoms with Crippen LogP contribution in [0.1, 0.15) is 5.56 Å². The monoisotopic (exact) mass is 344 g/mol. The van der Waals surface area contributed by atoms with E-state index in [2.05, 4.69) is 33.1 Å². The predicted molar refractivity (Wildman–Crippen MR) is 74.3 cm³/mol. The summed E-state index contributed by atoms with van der Waals surface area (Å²) in [6.07, 6.45) is 2.86. The van der Waals surface area contributed by atoms with Crippen molar-refractivity contribution >= 4 is 33.1 Å².